The van der Waals surface area contributed by atoms with Crippen LogP contribution in [0.4, 0.5) is 10.5 Å². The van der Waals surface area contributed by atoms with E-state index in [0.717, 1.165) is 54.9 Å². The molecule has 0 radical (unpaired) electrons. The summed E-state index contributed by atoms with van der Waals surface area (Å²) >= 11 is 0. The van der Waals surface area contributed by atoms with Crippen molar-refractivity contribution in [3.63, 3.8) is 0 Å². The lowest BCUT2D eigenvalue weighted by atomic mass is 9.45. The van der Waals surface area contributed by atoms with Crippen molar-refractivity contribution in [1.82, 2.24) is 10.2 Å². The van der Waals surface area contributed by atoms with Crippen LogP contribution >= 0.6 is 0 Å². The molecule has 32 heavy (non-hydrogen) atoms. The molecule has 4 fully saturated rings. The summed E-state index contributed by atoms with van der Waals surface area (Å²) in [5.41, 5.74) is 2.35. The SMILES string of the molecule is CCOC(=O)NC1C(=O)N(C2CCN(CC3CCC4CC3C4(C)C)CC2)c2ccccc21. The molecule has 2 aliphatic heterocycles. The minimum atomic E-state index is -0.653. The molecule has 4 atom stereocenters. The fourth-order valence-corrected chi connectivity index (χ4v) is 7.02. The Kier molecular flexibility index (Phi) is 5.68. The molecule has 3 aliphatic carbocycles. The van der Waals surface area contributed by atoms with Gasteiger partial charge in [-0.05, 0) is 68.3 Å². The molecule has 2 bridgehead atoms. The van der Waals surface area contributed by atoms with Crippen LogP contribution in [0.5, 0.6) is 0 Å². The first kappa shape index (κ1) is 21.7. The van der Waals surface area contributed by atoms with E-state index in [4.69, 9.17) is 4.74 Å². The number of nitrogens with one attached hydrogen (secondary N) is 1. The summed E-state index contributed by atoms with van der Waals surface area (Å²) < 4.78 is 5.03. The summed E-state index contributed by atoms with van der Waals surface area (Å²) in [5, 5.41) is 2.77. The Bertz CT molecular complexity index is 875. The molecule has 6 nitrogen and oxygen atoms in total. The van der Waals surface area contributed by atoms with Gasteiger partial charge in [-0.3, -0.25) is 4.79 Å². The van der Waals surface area contributed by atoms with E-state index < -0.39 is 12.1 Å². The Labute approximate surface area is 191 Å². The first-order chi connectivity index (χ1) is 15.4. The van der Waals surface area contributed by atoms with Gasteiger partial charge >= 0.3 is 6.09 Å². The molecular weight excluding hydrogens is 402 g/mol. The molecule has 0 spiro atoms. The van der Waals surface area contributed by atoms with Crippen molar-refractivity contribution in [3.05, 3.63) is 29.8 Å². The van der Waals surface area contributed by atoms with Crippen LogP contribution < -0.4 is 10.2 Å². The van der Waals surface area contributed by atoms with E-state index in [-0.39, 0.29) is 18.6 Å². The third-order valence-electron chi connectivity index (χ3n) is 8.95. The second kappa shape index (κ2) is 8.36. The van der Waals surface area contributed by atoms with Crippen molar-refractivity contribution in [2.24, 2.45) is 23.2 Å². The summed E-state index contributed by atoms with van der Waals surface area (Å²) in [6.45, 7) is 10.3. The number of hydrogen-bond acceptors (Lipinski definition) is 4. The van der Waals surface area contributed by atoms with Gasteiger partial charge in [0.05, 0.1) is 6.61 Å². The van der Waals surface area contributed by atoms with Crippen molar-refractivity contribution in [2.75, 3.05) is 31.1 Å². The van der Waals surface area contributed by atoms with E-state index in [2.05, 4.69) is 24.1 Å². The van der Waals surface area contributed by atoms with Crippen LogP contribution in [0.3, 0.4) is 0 Å². The Morgan fingerprint density at radius 3 is 2.59 bits per heavy atom. The van der Waals surface area contributed by atoms with Crippen LogP contribution in [0.2, 0.25) is 0 Å². The van der Waals surface area contributed by atoms with Crippen molar-refractivity contribution in [2.45, 2.75) is 65.0 Å². The maximum atomic E-state index is 13.4. The second-order valence-electron chi connectivity index (χ2n) is 10.8. The molecular formula is C26H37N3O3. The third kappa shape index (κ3) is 3.60. The number of carbonyl (C=O) groups is 2. The van der Waals surface area contributed by atoms with Gasteiger partial charge in [0.25, 0.3) is 5.91 Å². The smallest absolute Gasteiger partial charge is 0.408 e. The minimum Gasteiger partial charge on any atom is -0.450 e. The number of piperidine rings is 1. The zero-order chi connectivity index (χ0) is 22.5. The summed E-state index contributed by atoms with van der Waals surface area (Å²) in [7, 11) is 0. The Morgan fingerprint density at radius 1 is 1.16 bits per heavy atom. The van der Waals surface area contributed by atoms with Gasteiger partial charge in [-0.2, -0.15) is 0 Å². The van der Waals surface area contributed by atoms with Gasteiger partial charge in [0.1, 0.15) is 6.04 Å². The monoisotopic (exact) mass is 439 g/mol. The van der Waals surface area contributed by atoms with Crippen molar-refractivity contribution >= 4 is 17.7 Å². The number of hydrogen-bond donors (Lipinski definition) is 1. The number of carbonyl (C=O) groups excluding carboxylic acids is 2. The molecule has 5 aliphatic rings. The maximum Gasteiger partial charge on any atom is 0.408 e. The van der Waals surface area contributed by atoms with Crippen molar-refractivity contribution in [3.8, 4) is 0 Å². The van der Waals surface area contributed by atoms with Crippen LogP contribution in [0.25, 0.3) is 0 Å². The number of benzene rings is 1. The number of amides is 2. The van der Waals surface area contributed by atoms with Gasteiger partial charge in [0.2, 0.25) is 0 Å². The van der Waals surface area contributed by atoms with E-state index in [9.17, 15) is 9.59 Å². The van der Waals surface area contributed by atoms with Gasteiger partial charge < -0.3 is 19.9 Å². The number of rotatable bonds is 5. The highest BCUT2D eigenvalue weighted by molar-refractivity contribution is 6.06. The number of alkyl carbamates (subject to hydrolysis) is 1. The lowest BCUT2D eigenvalue weighted by molar-refractivity contribution is -0.120. The van der Waals surface area contributed by atoms with Gasteiger partial charge in [0.15, 0.2) is 0 Å². The number of anilines is 1. The highest BCUT2D eigenvalue weighted by Gasteiger charge is 2.54. The van der Waals surface area contributed by atoms with Crippen LogP contribution in [0, 0.1) is 23.2 Å². The predicted molar refractivity (Wildman–Crippen MR) is 124 cm³/mol. The van der Waals surface area contributed by atoms with E-state index in [1.165, 1.54) is 25.8 Å². The quantitative estimate of drug-likeness (QED) is 0.741. The largest absolute Gasteiger partial charge is 0.450 e. The van der Waals surface area contributed by atoms with E-state index in [0.29, 0.717) is 5.41 Å². The average molecular weight is 440 g/mol. The van der Waals surface area contributed by atoms with E-state index >= 15 is 0 Å². The number of para-hydroxylation sites is 1. The highest BCUT2D eigenvalue weighted by Crippen LogP contribution is 2.61. The summed E-state index contributed by atoms with van der Waals surface area (Å²) in [6.07, 6.45) is 5.65. The molecule has 6 heteroatoms. The summed E-state index contributed by atoms with van der Waals surface area (Å²) in [6, 6.07) is 7.37. The topological polar surface area (TPSA) is 61.9 Å². The van der Waals surface area contributed by atoms with Gasteiger partial charge in [-0.1, -0.05) is 32.0 Å². The average Bonchev–Trinajstić information content (AvgIpc) is 3.06. The zero-order valence-electron chi connectivity index (χ0n) is 19.7. The Balaban J connectivity index is 1.22. The molecule has 2 amide bonds. The first-order valence-electron chi connectivity index (χ1n) is 12.5. The molecule has 2 heterocycles. The standard InChI is InChI=1S/C26H37N3O3/c1-4-32-25(31)27-23-20-7-5-6-8-22(20)29(24(23)30)19-11-13-28(14-12-19)16-17-9-10-18-15-21(17)26(18,2)3/h5-8,17-19,21,23H,4,9-16H2,1-3H3,(H,27,31). The first-order valence-corrected chi connectivity index (χ1v) is 12.5. The minimum absolute atomic E-state index is 0.0350. The van der Waals surface area contributed by atoms with E-state index in [1.807, 2.05) is 29.2 Å². The molecule has 0 aromatic heterocycles. The molecule has 1 N–H and O–H groups in total. The van der Waals surface area contributed by atoms with Crippen LogP contribution in [0.1, 0.15) is 64.5 Å². The van der Waals surface area contributed by atoms with Crippen molar-refractivity contribution < 1.29 is 14.3 Å². The molecule has 174 valence electrons. The fraction of sp³-hybridized carbons (Fsp3) is 0.692. The van der Waals surface area contributed by atoms with Gasteiger partial charge in [-0.25, -0.2) is 4.79 Å². The van der Waals surface area contributed by atoms with Crippen LogP contribution in [0.15, 0.2) is 24.3 Å². The second-order valence-corrected chi connectivity index (χ2v) is 10.8. The zero-order valence-corrected chi connectivity index (χ0v) is 19.7. The summed E-state index contributed by atoms with van der Waals surface area (Å²) in [4.78, 5) is 30.0. The van der Waals surface area contributed by atoms with Crippen LogP contribution in [-0.2, 0) is 9.53 Å². The number of nitrogens with zero attached hydrogens (tertiary/aromatic N) is 2. The van der Waals surface area contributed by atoms with E-state index in [1.54, 1.807) is 6.92 Å². The molecule has 3 saturated carbocycles. The lowest BCUT2D eigenvalue weighted by Crippen LogP contribution is -2.55. The molecule has 1 aromatic rings. The van der Waals surface area contributed by atoms with Gasteiger partial charge in [-0.15, -0.1) is 0 Å². The fourth-order valence-electron chi connectivity index (χ4n) is 7.02. The summed E-state index contributed by atoms with van der Waals surface area (Å²) in [5.74, 6) is 2.64. The van der Waals surface area contributed by atoms with Crippen LogP contribution in [-0.4, -0.2) is 49.2 Å². The molecule has 1 aromatic carbocycles. The number of likely N-dealkylation sites (tertiary alicyclic amines) is 1. The Morgan fingerprint density at radius 2 is 1.91 bits per heavy atom. The molecule has 4 unspecified atom stereocenters. The Hall–Kier alpha value is -2.08. The molecule has 1 saturated heterocycles. The normalized spacial score (nSPS) is 31.7. The maximum absolute atomic E-state index is 13.4. The van der Waals surface area contributed by atoms with Crippen molar-refractivity contribution in [1.29, 1.82) is 0 Å². The molecule has 6 rings (SSSR count). The predicted octanol–water partition coefficient (Wildman–Crippen LogP) is 4.36. The number of fused-ring (bicyclic) bond motifs is 3. The van der Waals surface area contributed by atoms with Gasteiger partial charge in [0, 0.05) is 36.9 Å². The number of ether oxygens (including phenoxy) is 1. The lowest BCUT2D eigenvalue weighted by Gasteiger charge is -2.61. The highest BCUT2D eigenvalue weighted by atomic mass is 16.5. The third-order valence-corrected chi connectivity index (χ3v) is 8.95.